The third-order valence-electron chi connectivity index (χ3n) is 2.33. The van der Waals surface area contributed by atoms with Crippen LogP contribution in [0.5, 0.6) is 0 Å². The van der Waals surface area contributed by atoms with Gasteiger partial charge in [-0.1, -0.05) is 5.16 Å². The van der Waals surface area contributed by atoms with Gasteiger partial charge in [0.1, 0.15) is 5.69 Å². The molecule has 0 spiro atoms. The Hall–Kier alpha value is -1.48. The van der Waals surface area contributed by atoms with Crippen LogP contribution in [0.3, 0.4) is 0 Å². The van der Waals surface area contributed by atoms with Gasteiger partial charge in [-0.05, 0) is 40.8 Å². The summed E-state index contributed by atoms with van der Waals surface area (Å²) in [5, 5.41) is 5.77. The molecule has 2 N–H and O–H groups in total. The van der Waals surface area contributed by atoms with E-state index in [-0.39, 0.29) is 0 Å². The van der Waals surface area contributed by atoms with E-state index in [0.717, 1.165) is 9.13 Å². The second kappa shape index (κ2) is 4.65. The van der Waals surface area contributed by atoms with Crippen molar-refractivity contribution in [3.63, 3.8) is 0 Å². The van der Waals surface area contributed by atoms with E-state index < -0.39 is 0 Å². The van der Waals surface area contributed by atoms with Gasteiger partial charge in [0.15, 0.2) is 0 Å². The molecule has 0 saturated heterocycles. The van der Waals surface area contributed by atoms with Crippen molar-refractivity contribution in [1.82, 2.24) is 15.1 Å². The van der Waals surface area contributed by atoms with Gasteiger partial charge in [-0.3, -0.25) is 0 Å². The van der Waals surface area contributed by atoms with Gasteiger partial charge in [0.05, 0.1) is 5.51 Å². The minimum atomic E-state index is 0.445. The van der Waals surface area contributed by atoms with E-state index in [0.29, 0.717) is 23.1 Å². The maximum absolute atomic E-state index is 5.85. The van der Waals surface area contributed by atoms with Crippen LogP contribution in [0.1, 0.15) is 0 Å². The highest BCUT2D eigenvalue weighted by molar-refractivity contribution is 14.1. The molecule has 0 amide bonds. The Morgan fingerprint density at radius 1 is 1.33 bits per heavy atom. The van der Waals surface area contributed by atoms with E-state index in [2.05, 4.69) is 37.7 Å². The molecule has 3 aromatic rings. The number of anilines is 1. The minimum Gasteiger partial charge on any atom is -0.398 e. The van der Waals surface area contributed by atoms with E-state index in [4.69, 9.17) is 10.3 Å². The van der Waals surface area contributed by atoms with Crippen molar-refractivity contribution in [3.8, 4) is 23.0 Å². The number of thiazole rings is 1. The lowest BCUT2D eigenvalue weighted by Gasteiger charge is -1.99. The number of nitrogen functional groups attached to an aromatic ring is 1. The van der Waals surface area contributed by atoms with Crippen molar-refractivity contribution in [2.45, 2.75) is 0 Å². The molecule has 0 radical (unpaired) electrons. The molecule has 90 valence electrons. The van der Waals surface area contributed by atoms with Crippen molar-refractivity contribution in [2.75, 3.05) is 5.73 Å². The molecule has 5 nitrogen and oxygen atoms in total. The third-order valence-corrected chi connectivity index (χ3v) is 3.90. The Kier molecular flexibility index (Phi) is 3.00. The second-order valence-corrected chi connectivity index (χ2v) is 5.41. The molecule has 0 saturated carbocycles. The van der Waals surface area contributed by atoms with E-state index in [1.54, 1.807) is 5.51 Å². The number of nitrogens with two attached hydrogens (primary N) is 1. The number of aromatic nitrogens is 3. The predicted octanol–water partition coefficient (Wildman–Crippen LogP) is 3.05. The van der Waals surface area contributed by atoms with Crippen LogP contribution in [0.2, 0.25) is 0 Å². The Labute approximate surface area is 120 Å². The molecule has 0 aliphatic rings. The highest BCUT2D eigenvalue weighted by atomic mass is 127. The van der Waals surface area contributed by atoms with Crippen LogP contribution in [0.15, 0.2) is 33.6 Å². The highest BCUT2D eigenvalue weighted by Gasteiger charge is 2.12. The standard InChI is InChI=1S/C11H7IN4OS/c12-7-2-1-6(3-8(7)13)11-15-10(16-17-11)9-4-18-5-14-9/h1-5H,13H2. The smallest absolute Gasteiger partial charge is 0.258 e. The second-order valence-electron chi connectivity index (χ2n) is 3.53. The molecule has 7 heteroatoms. The fourth-order valence-corrected chi connectivity index (χ4v) is 2.31. The molecule has 0 unspecified atom stereocenters. The summed E-state index contributed by atoms with van der Waals surface area (Å²) in [4.78, 5) is 8.43. The summed E-state index contributed by atoms with van der Waals surface area (Å²) in [5.41, 5.74) is 9.80. The zero-order valence-corrected chi connectivity index (χ0v) is 12.0. The fourth-order valence-electron chi connectivity index (χ4n) is 1.44. The van der Waals surface area contributed by atoms with Crippen LogP contribution in [0.25, 0.3) is 23.0 Å². The zero-order chi connectivity index (χ0) is 12.5. The summed E-state index contributed by atoms with van der Waals surface area (Å²) in [6.45, 7) is 0. The molecule has 0 atom stereocenters. The SMILES string of the molecule is Nc1cc(-c2nc(-c3cscn3)no2)ccc1I. The average molecular weight is 370 g/mol. The molecule has 18 heavy (non-hydrogen) atoms. The lowest BCUT2D eigenvalue weighted by molar-refractivity contribution is 0.432. The number of hydrogen-bond donors (Lipinski definition) is 1. The van der Waals surface area contributed by atoms with E-state index in [1.165, 1.54) is 11.3 Å². The third kappa shape index (κ3) is 2.10. The first kappa shape index (κ1) is 11.6. The molecular formula is C11H7IN4OS. The maximum Gasteiger partial charge on any atom is 0.258 e. The first-order valence-electron chi connectivity index (χ1n) is 5.02. The Bertz CT molecular complexity index is 680. The van der Waals surface area contributed by atoms with Crippen molar-refractivity contribution in [3.05, 3.63) is 32.7 Å². The van der Waals surface area contributed by atoms with Crippen LogP contribution < -0.4 is 5.73 Å². The lowest BCUT2D eigenvalue weighted by Crippen LogP contribution is -1.89. The molecule has 0 bridgehead atoms. The summed E-state index contributed by atoms with van der Waals surface area (Å²) < 4.78 is 6.21. The van der Waals surface area contributed by atoms with Crippen molar-refractivity contribution in [1.29, 1.82) is 0 Å². The molecule has 3 rings (SSSR count). The number of rotatable bonds is 2. The Morgan fingerprint density at radius 3 is 2.94 bits per heavy atom. The van der Waals surface area contributed by atoms with E-state index in [1.807, 2.05) is 23.6 Å². The van der Waals surface area contributed by atoms with Gasteiger partial charge in [0.25, 0.3) is 5.89 Å². The maximum atomic E-state index is 5.85. The monoisotopic (exact) mass is 370 g/mol. The van der Waals surface area contributed by atoms with Gasteiger partial charge in [-0.25, -0.2) is 4.98 Å². The summed E-state index contributed by atoms with van der Waals surface area (Å²) in [5.74, 6) is 0.935. The number of benzene rings is 1. The van der Waals surface area contributed by atoms with Gasteiger partial charge < -0.3 is 10.3 Å². The summed E-state index contributed by atoms with van der Waals surface area (Å²) in [7, 11) is 0. The highest BCUT2D eigenvalue weighted by Crippen LogP contribution is 2.25. The molecule has 2 aromatic heterocycles. The van der Waals surface area contributed by atoms with Crippen LogP contribution in [0.4, 0.5) is 5.69 Å². The van der Waals surface area contributed by atoms with Gasteiger partial charge in [0.2, 0.25) is 5.82 Å². The zero-order valence-electron chi connectivity index (χ0n) is 9.00. The normalized spacial score (nSPS) is 10.7. The Balaban J connectivity index is 2.00. The summed E-state index contributed by atoms with van der Waals surface area (Å²) in [6, 6.07) is 5.63. The molecule has 0 fully saturated rings. The summed E-state index contributed by atoms with van der Waals surface area (Å²) in [6.07, 6.45) is 0. The topological polar surface area (TPSA) is 77.8 Å². The van der Waals surface area contributed by atoms with Crippen molar-refractivity contribution in [2.24, 2.45) is 0 Å². The van der Waals surface area contributed by atoms with Gasteiger partial charge in [-0.15, -0.1) is 11.3 Å². The first-order valence-corrected chi connectivity index (χ1v) is 7.04. The fraction of sp³-hybridized carbons (Fsp3) is 0. The number of halogens is 1. The van der Waals surface area contributed by atoms with Crippen molar-refractivity contribution < 1.29 is 4.52 Å². The van der Waals surface area contributed by atoms with E-state index >= 15 is 0 Å². The van der Waals surface area contributed by atoms with Gasteiger partial charge in [0, 0.05) is 20.2 Å². The molecule has 0 aliphatic heterocycles. The lowest BCUT2D eigenvalue weighted by atomic mass is 10.2. The van der Waals surface area contributed by atoms with Crippen LogP contribution in [-0.2, 0) is 0 Å². The van der Waals surface area contributed by atoms with Crippen LogP contribution in [0, 0.1) is 3.57 Å². The van der Waals surface area contributed by atoms with Crippen LogP contribution >= 0.6 is 33.9 Å². The average Bonchev–Trinajstić information content (AvgIpc) is 3.01. The first-order chi connectivity index (χ1) is 8.74. The minimum absolute atomic E-state index is 0.445. The number of hydrogen-bond acceptors (Lipinski definition) is 6. The van der Waals surface area contributed by atoms with Gasteiger partial charge >= 0.3 is 0 Å². The summed E-state index contributed by atoms with van der Waals surface area (Å²) >= 11 is 3.66. The molecular weight excluding hydrogens is 363 g/mol. The predicted molar refractivity (Wildman–Crippen MR) is 78.0 cm³/mol. The van der Waals surface area contributed by atoms with Crippen LogP contribution in [-0.4, -0.2) is 15.1 Å². The Morgan fingerprint density at radius 2 is 2.22 bits per heavy atom. The van der Waals surface area contributed by atoms with Gasteiger partial charge in [-0.2, -0.15) is 4.98 Å². The van der Waals surface area contributed by atoms with E-state index in [9.17, 15) is 0 Å². The molecule has 1 aromatic carbocycles. The quantitative estimate of drug-likeness (QED) is 0.554. The largest absolute Gasteiger partial charge is 0.398 e. The molecule has 0 aliphatic carbocycles. The molecule has 2 heterocycles. The number of nitrogens with zero attached hydrogens (tertiary/aromatic N) is 3. The van der Waals surface area contributed by atoms with Crippen molar-refractivity contribution >= 4 is 39.6 Å².